The largest absolute Gasteiger partial charge is 0.357 e. The fourth-order valence-electron chi connectivity index (χ4n) is 3.52. The number of carbonyl (C=O) groups excluding carboxylic acids is 1. The van der Waals surface area contributed by atoms with Gasteiger partial charge in [-0.1, -0.05) is 6.07 Å². The summed E-state index contributed by atoms with van der Waals surface area (Å²) in [5, 5.41) is 7.61. The van der Waals surface area contributed by atoms with Crippen molar-refractivity contribution in [3.8, 4) is 0 Å². The summed E-state index contributed by atoms with van der Waals surface area (Å²) >= 11 is 0. The molecule has 3 heterocycles. The molecule has 0 radical (unpaired) electrons. The van der Waals surface area contributed by atoms with Crippen LogP contribution in [0.3, 0.4) is 0 Å². The van der Waals surface area contributed by atoms with E-state index in [1.54, 1.807) is 11.1 Å². The lowest BCUT2D eigenvalue weighted by atomic mass is 10.0. The maximum atomic E-state index is 12.5. The van der Waals surface area contributed by atoms with Crippen LogP contribution in [0.5, 0.6) is 0 Å². The van der Waals surface area contributed by atoms with Crippen molar-refractivity contribution in [3.63, 3.8) is 0 Å². The topological polar surface area (TPSA) is 78.7 Å². The first-order chi connectivity index (χ1) is 14.1. The third-order valence-corrected chi connectivity index (χ3v) is 5.24. The summed E-state index contributed by atoms with van der Waals surface area (Å²) in [7, 11) is 3.76. The first kappa shape index (κ1) is 24.1. The van der Waals surface area contributed by atoms with Crippen molar-refractivity contribution in [1.29, 1.82) is 0 Å². The van der Waals surface area contributed by atoms with Gasteiger partial charge in [-0.05, 0) is 31.0 Å². The van der Waals surface area contributed by atoms with Gasteiger partial charge in [0.05, 0.1) is 6.20 Å². The van der Waals surface area contributed by atoms with Crippen molar-refractivity contribution >= 4 is 35.8 Å². The highest BCUT2D eigenvalue weighted by atomic mass is 127. The second kappa shape index (κ2) is 11.9. The number of likely N-dealkylation sites (tertiary alicyclic amines) is 1. The highest BCUT2D eigenvalue weighted by Gasteiger charge is 2.27. The predicted octanol–water partition coefficient (Wildman–Crippen LogP) is 1.89. The molecule has 1 atom stereocenters. The van der Waals surface area contributed by atoms with Gasteiger partial charge in [0.15, 0.2) is 5.96 Å². The Kier molecular flexibility index (Phi) is 9.54. The third kappa shape index (κ3) is 6.68. The zero-order chi connectivity index (χ0) is 20.6. The molecule has 1 aliphatic heterocycles. The van der Waals surface area contributed by atoms with Crippen LogP contribution in [-0.4, -0.2) is 76.2 Å². The van der Waals surface area contributed by atoms with Gasteiger partial charge in [0.2, 0.25) is 5.91 Å². The molecule has 30 heavy (non-hydrogen) atoms. The number of guanidine groups is 1. The number of aromatic nitrogens is 3. The minimum absolute atomic E-state index is 0. The van der Waals surface area contributed by atoms with Crippen molar-refractivity contribution in [2.75, 3.05) is 39.8 Å². The number of rotatable bonds is 7. The lowest BCUT2D eigenvalue weighted by molar-refractivity contribution is -0.128. The van der Waals surface area contributed by atoms with Gasteiger partial charge in [-0.25, -0.2) is 4.99 Å². The summed E-state index contributed by atoms with van der Waals surface area (Å²) < 4.78 is 1.84. The molecule has 8 nitrogen and oxygen atoms in total. The van der Waals surface area contributed by atoms with Crippen LogP contribution in [0, 0.1) is 0 Å². The highest BCUT2D eigenvalue weighted by molar-refractivity contribution is 14.0. The number of nitrogens with one attached hydrogen (secondary N) is 1. The number of hydrogen-bond acceptors (Lipinski definition) is 4. The van der Waals surface area contributed by atoms with E-state index in [9.17, 15) is 4.79 Å². The van der Waals surface area contributed by atoms with Crippen LogP contribution in [0.25, 0.3) is 0 Å². The van der Waals surface area contributed by atoms with Gasteiger partial charge >= 0.3 is 0 Å². The van der Waals surface area contributed by atoms with E-state index in [1.165, 1.54) is 5.56 Å². The van der Waals surface area contributed by atoms with Crippen LogP contribution < -0.4 is 5.32 Å². The molecule has 164 valence electrons. The normalized spacial score (nSPS) is 16.3. The van der Waals surface area contributed by atoms with E-state index in [1.807, 2.05) is 50.1 Å². The maximum Gasteiger partial charge on any atom is 0.244 e. The van der Waals surface area contributed by atoms with Crippen molar-refractivity contribution in [2.45, 2.75) is 25.7 Å². The van der Waals surface area contributed by atoms with E-state index in [2.05, 4.69) is 31.5 Å². The Morgan fingerprint density at radius 2 is 2.23 bits per heavy atom. The molecule has 1 amide bonds. The molecular formula is C21H32IN7O. The fourth-order valence-corrected chi connectivity index (χ4v) is 3.52. The molecule has 1 N–H and O–H groups in total. The molecule has 0 saturated carbocycles. The summed E-state index contributed by atoms with van der Waals surface area (Å²) in [6.07, 6.45) is 7.61. The maximum absolute atomic E-state index is 12.5. The first-order valence-corrected chi connectivity index (χ1v) is 10.2. The number of carbonyl (C=O) groups is 1. The standard InChI is InChI=1S/C21H31N7O.HI/c1-4-22-21(28-12-8-17(16-28)18-13-25-27(3)15-18)24-14-20(29)26(2)11-9-19-7-5-6-10-23-19;/h5-7,10,13,15,17H,4,8-9,11-12,14,16H2,1-3H3,(H,22,24);1H. The molecule has 9 heteroatoms. The molecule has 2 aromatic heterocycles. The SMILES string of the molecule is CCNC(=NCC(=O)N(C)CCc1ccccn1)N1CCC(c2cnn(C)c2)C1.I. The molecule has 0 aliphatic carbocycles. The van der Waals surface area contributed by atoms with Crippen molar-refractivity contribution in [3.05, 3.63) is 48.0 Å². The molecule has 0 spiro atoms. The average molecular weight is 525 g/mol. The number of pyridine rings is 1. The van der Waals surface area contributed by atoms with Gasteiger partial charge in [0, 0.05) is 70.7 Å². The Hall–Kier alpha value is -2.17. The van der Waals surface area contributed by atoms with E-state index < -0.39 is 0 Å². The lowest BCUT2D eigenvalue weighted by Gasteiger charge is -2.22. The fraction of sp³-hybridized carbons (Fsp3) is 0.524. The Morgan fingerprint density at radius 3 is 2.90 bits per heavy atom. The molecule has 1 unspecified atom stereocenters. The molecule has 3 rings (SSSR count). The van der Waals surface area contributed by atoms with Gasteiger partial charge in [-0.15, -0.1) is 24.0 Å². The Labute approximate surface area is 195 Å². The van der Waals surface area contributed by atoms with Crippen LogP contribution in [-0.2, 0) is 18.3 Å². The van der Waals surface area contributed by atoms with E-state index >= 15 is 0 Å². The smallest absolute Gasteiger partial charge is 0.244 e. The number of aryl methyl sites for hydroxylation is 1. The molecular weight excluding hydrogens is 493 g/mol. The molecule has 1 aliphatic rings. The number of hydrogen-bond donors (Lipinski definition) is 1. The van der Waals surface area contributed by atoms with Crippen LogP contribution in [0.15, 0.2) is 41.8 Å². The van der Waals surface area contributed by atoms with Gasteiger partial charge in [-0.3, -0.25) is 14.5 Å². The van der Waals surface area contributed by atoms with Crippen molar-refractivity contribution in [1.82, 2.24) is 29.9 Å². The summed E-state index contributed by atoms with van der Waals surface area (Å²) in [6, 6.07) is 5.84. The van der Waals surface area contributed by atoms with E-state index in [-0.39, 0.29) is 36.4 Å². The van der Waals surface area contributed by atoms with E-state index in [0.717, 1.165) is 44.1 Å². The van der Waals surface area contributed by atoms with Crippen LogP contribution >= 0.6 is 24.0 Å². The summed E-state index contributed by atoms with van der Waals surface area (Å²) in [4.78, 5) is 25.4. The van der Waals surface area contributed by atoms with Gasteiger partial charge in [-0.2, -0.15) is 5.10 Å². The second-order valence-corrected chi connectivity index (χ2v) is 7.44. The lowest BCUT2D eigenvalue weighted by Crippen LogP contribution is -2.41. The monoisotopic (exact) mass is 525 g/mol. The number of halogens is 1. The Balaban J connectivity index is 0.00000320. The Morgan fingerprint density at radius 1 is 1.40 bits per heavy atom. The van der Waals surface area contributed by atoms with E-state index in [0.29, 0.717) is 12.5 Å². The number of nitrogens with zero attached hydrogens (tertiary/aromatic N) is 6. The van der Waals surface area contributed by atoms with Crippen molar-refractivity contribution in [2.24, 2.45) is 12.0 Å². The molecule has 0 aromatic carbocycles. The average Bonchev–Trinajstić information content (AvgIpc) is 3.39. The van der Waals surface area contributed by atoms with Crippen LogP contribution in [0.2, 0.25) is 0 Å². The third-order valence-electron chi connectivity index (χ3n) is 5.24. The van der Waals surface area contributed by atoms with Gasteiger partial charge in [0.1, 0.15) is 6.54 Å². The zero-order valence-corrected chi connectivity index (χ0v) is 20.3. The quantitative estimate of drug-likeness (QED) is 0.340. The van der Waals surface area contributed by atoms with Crippen molar-refractivity contribution < 1.29 is 4.79 Å². The van der Waals surface area contributed by atoms with E-state index in [4.69, 9.17) is 0 Å². The summed E-state index contributed by atoms with van der Waals surface area (Å²) in [6.45, 7) is 5.42. The van der Waals surface area contributed by atoms with Crippen LogP contribution in [0.1, 0.15) is 30.5 Å². The zero-order valence-electron chi connectivity index (χ0n) is 18.0. The predicted molar refractivity (Wildman–Crippen MR) is 129 cm³/mol. The van der Waals surface area contributed by atoms with Gasteiger partial charge < -0.3 is 15.1 Å². The van der Waals surface area contributed by atoms with Crippen LogP contribution in [0.4, 0.5) is 0 Å². The highest BCUT2D eigenvalue weighted by Crippen LogP contribution is 2.26. The molecule has 1 saturated heterocycles. The molecule has 2 aromatic rings. The number of amides is 1. The molecule has 0 bridgehead atoms. The first-order valence-electron chi connectivity index (χ1n) is 10.2. The van der Waals surface area contributed by atoms with Gasteiger partial charge in [0.25, 0.3) is 0 Å². The number of aliphatic imine (C=N–C) groups is 1. The Bertz CT molecular complexity index is 824. The number of likely N-dealkylation sites (N-methyl/N-ethyl adjacent to an activating group) is 1. The minimum Gasteiger partial charge on any atom is -0.357 e. The minimum atomic E-state index is 0. The summed E-state index contributed by atoms with van der Waals surface area (Å²) in [5.74, 6) is 1.27. The summed E-state index contributed by atoms with van der Waals surface area (Å²) in [5.41, 5.74) is 2.25. The molecule has 1 fully saturated rings. The second-order valence-electron chi connectivity index (χ2n) is 7.44.